The van der Waals surface area contributed by atoms with Crippen molar-refractivity contribution in [2.75, 3.05) is 13.1 Å². The van der Waals surface area contributed by atoms with Crippen molar-refractivity contribution in [3.8, 4) is 0 Å². The number of aryl methyl sites for hydroxylation is 1. The first-order chi connectivity index (χ1) is 9.83. The van der Waals surface area contributed by atoms with Crippen LogP contribution in [-0.4, -0.2) is 13.1 Å². The SMILES string of the molecule is CCCC=Cc1cccc2c1CCCC2.CCNCC. The third-order valence-electron chi connectivity index (χ3n) is 3.68. The van der Waals surface area contributed by atoms with Crippen LogP contribution < -0.4 is 5.32 Å². The van der Waals surface area contributed by atoms with Crippen LogP contribution in [0.1, 0.15) is 63.1 Å². The third-order valence-corrected chi connectivity index (χ3v) is 3.68. The van der Waals surface area contributed by atoms with Crippen molar-refractivity contribution in [1.29, 1.82) is 0 Å². The Morgan fingerprint density at radius 3 is 2.45 bits per heavy atom. The molecule has 1 nitrogen and oxygen atoms in total. The van der Waals surface area contributed by atoms with Gasteiger partial charge in [0.15, 0.2) is 0 Å². The zero-order chi connectivity index (χ0) is 14.6. The first-order valence-corrected chi connectivity index (χ1v) is 8.31. The molecule has 1 heteroatoms. The third kappa shape index (κ3) is 5.92. The Bertz CT molecular complexity index is 391. The van der Waals surface area contributed by atoms with Crippen molar-refractivity contribution in [2.45, 2.75) is 59.3 Å². The van der Waals surface area contributed by atoms with Crippen LogP contribution in [0.25, 0.3) is 6.08 Å². The Balaban J connectivity index is 0.000000347. The molecule has 0 aliphatic heterocycles. The number of unbranched alkanes of at least 4 members (excludes halogenated alkanes) is 1. The molecule has 0 atom stereocenters. The van der Waals surface area contributed by atoms with Gasteiger partial charge in [-0.2, -0.15) is 0 Å². The second-order valence-electron chi connectivity index (χ2n) is 5.34. The Hall–Kier alpha value is -1.08. The van der Waals surface area contributed by atoms with Gasteiger partial charge in [-0.1, -0.05) is 57.5 Å². The fourth-order valence-corrected chi connectivity index (χ4v) is 2.59. The maximum absolute atomic E-state index is 3.11. The molecule has 1 N–H and O–H groups in total. The molecule has 1 aromatic carbocycles. The summed E-state index contributed by atoms with van der Waals surface area (Å²) in [5.41, 5.74) is 4.65. The van der Waals surface area contributed by atoms with E-state index in [1.165, 1.54) is 44.1 Å². The highest BCUT2D eigenvalue weighted by atomic mass is 14.8. The van der Waals surface area contributed by atoms with Crippen LogP contribution in [0.15, 0.2) is 24.3 Å². The van der Waals surface area contributed by atoms with E-state index < -0.39 is 0 Å². The lowest BCUT2D eigenvalue weighted by Crippen LogP contribution is -2.09. The molecule has 0 bridgehead atoms. The van der Waals surface area contributed by atoms with Gasteiger partial charge in [0.2, 0.25) is 0 Å². The van der Waals surface area contributed by atoms with Crippen LogP contribution in [0.5, 0.6) is 0 Å². The fraction of sp³-hybridized carbons (Fsp3) is 0.579. The number of benzene rings is 1. The number of rotatable bonds is 5. The molecule has 1 aliphatic rings. The van der Waals surface area contributed by atoms with E-state index in [4.69, 9.17) is 0 Å². The smallest absolute Gasteiger partial charge is 0.00775 e. The number of hydrogen-bond donors (Lipinski definition) is 1. The quantitative estimate of drug-likeness (QED) is 0.796. The highest BCUT2D eigenvalue weighted by Crippen LogP contribution is 2.25. The molecule has 0 aromatic heterocycles. The summed E-state index contributed by atoms with van der Waals surface area (Å²) in [6.45, 7) is 8.62. The highest BCUT2D eigenvalue weighted by molar-refractivity contribution is 5.56. The van der Waals surface area contributed by atoms with Crippen LogP contribution in [-0.2, 0) is 12.8 Å². The summed E-state index contributed by atoms with van der Waals surface area (Å²) >= 11 is 0. The summed E-state index contributed by atoms with van der Waals surface area (Å²) in [7, 11) is 0. The van der Waals surface area contributed by atoms with Crippen molar-refractivity contribution in [3.05, 3.63) is 41.0 Å². The lowest BCUT2D eigenvalue weighted by atomic mass is 9.88. The van der Waals surface area contributed by atoms with E-state index in [9.17, 15) is 0 Å². The molecule has 1 aliphatic carbocycles. The van der Waals surface area contributed by atoms with E-state index in [-0.39, 0.29) is 0 Å². The molecule has 0 fully saturated rings. The highest BCUT2D eigenvalue weighted by Gasteiger charge is 2.10. The summed E-state index contributed by atoms with van der Waals surface area (Å²) in [6.07, 6.45) is 12.4. The summed E-state index contributed by atoms with van der Waals surface area (Å²) in [6, 6.07) is 6.76. The zero-order valence-electron chi connectivity index (χ0n) is 13.5. The van der Waals surface area contributed by atoms with Crippen molar-refractivity contribution >= 4 is 6.08 Å². The first kappa shape index (κ1) is 17.0. The number of nitrogens with one attached hydrogen (secondary N) is 1. The molecule has 0 spiro atoms. The van der Waals surface area contributed by atoms with Crippen LogP contribution >= 0.6 is 0 Å². The van der Waals surface area contributed by atoms with Gasteiger partial charge in [-0.15, -0.1) is 0 Å². The molecule has 0 unspecified atom stereocenters. The Morgan fingerprint density at radius 2 is 1.80 bits per heavy atom. The molecular weight excluding hydrogens is 242 g/mol. The molecule has 2 rings (SSSR count). The summed E-state index contributed by atoms with van der Waals surface area (Å²) in [5.74, 6) is 0. The summed E-state index contributed by atoms with van der Waals surface area (Å²) < 4.78 is 0. The molecule has 20 heavy (non-hydrogen) atoms. The monoisotopic (exact) mass is 273 g/mol. The second-order valence-corrected chi connectivity index (χ2v) is 5.34. The zero-order valence-corrected chi connectivity index (χ0v) is 13.5. The van der Waals surface area contributed by atoms with Gasteiger partial charge in [0.25, 0.3) is 0 Å². The van der Waals surface area contributed by atoms with E-state index in [1.54, 1.807) is 11.1 Å². The molecular formula is C19H31N. The van der Waals surface area contributed by atoms with Crippen molar-refractivity contribution in [2.24, 2.45) is 0 Å². The fourth-order valence-electron chi connectivity index (χ4n) is 2.59. The van der Waals surface area contributed by atoms with E-state index >= 15 is 0 Å². The summed E-state index contributed by atoms with van der Waals surface area (Å²) in [5, 5.41) is 3.11. The van der Waals surface area contributed by atoms with Gasteiger partial charge in [0.05, 0.1) is 0 Å². The van der Waals surface area contributed by atoms with E-state index in [0.29, 0.717) is 0 Å². The molecule has 1 aromatic rings. The number of allylic oxidation sites excluding steroid dienone is 1. The topological polar surface area (TPSA) is 12.0 Å². The van der Waals surface area contributed by atoms with Crippen molar-refractivity contribution in [3.63, 3.8) is 0 Å². The van der Waals surface area contributed by atoms with Gasteiger partial charge < -0.3 is 5.32 Å². The van der Waals surface area contributed by atoms with Gasteiger partial charge in [-0.3, -0.25) is 0 Å². The average Bonchev–Trinajstić information content (AvgIpc) is 2.49. The number of fused-ring (bicyclic) bond motifs is 1. The minimum absolute atomic E-state index is 1.09. The molecule has 112 valence electrons. The van der Waals surface area contributed by atoms with Crippen molar-refractivity contribution < 1.29 is 0 Å². The Labute approximate surface area is 125 Å². The molecule has 0 saturated carbocycles. The Morgan fingerprint density at radius 1 is 1.05 bits per heavy atom. The molecule has 0 amide bonds. The largest absolute Gasteiger partial charge is 0.317 e. The minimum Gasteiger partial charge on any atom is -0.317 e. The van der Waals surface area contributed by atoms with Crippen LogP contribution in [0.4, 0.5) is 0 Å². The van der Waals surface area contributed by atoms with Gasteiger partial charge in [-0.05, 0) is 61.9 Å². The number of hydrogen-bond acceptors (Lipinski definition) is 1. The Kier molecular flexibility index (Phi) is 9.06. The predicted molar refractivity (Wildman–Crippen MR) is 91.2 cm³/mol. The lowest BCUT2D eigenvalue weighted by molar-refractivity contribution is 0.684. The summed E-state index contributed by atoms with van der Waals surface area (Å²) in [4.78, 5) is 0. The first-order valence-electron chi connectivity index (χ1n) is 8.31. The average molecular weight is 273 g/mol. The van der Waals surface area contributed by atoms with E-state index in [1.807, 2.05) is 0 Å². The second kappa shape index (κ2) is 10.7. The minimum atomic E-state index is 1.09. The predicted octanol–water partition coefficient (Wildman–Crippen LogP) is 4.99. The molecule has 0 radical (unpaired) electrons. The van der Waals surface area contributed by atoms with Gasteiger partial charge in [0, 0.05) is 0 Å². The molecule has 0 heterocycles. The lowest BCUT2D eigenvalue weighted by Gasteiger charge is -2.17. The van der Waals surface area contributed by atoms with Crippen LogP contribution in [0.2, 0.25) is 0 Å². The van der Waals surface area contributed by atoms with Crippen LogP contribution in [0, 0.1) is 0 Å². The van der Waals surface area contributed by atoms with E-state index in [0.717, 1.165) is 13.1 Å². The standard InChI is InChI=1S/C15H20.C4H11N/c1-2-3-4-8-13-10-7-11-14-9-5-6-12-15(13)14;1-3-5-4-2/h4,7-8,10-11H,2-3,5-6,9,12H2,1H3;5H,3-4H2,1-2H3. The normalized spacial score (nSPS) is 13.8. The van der Waals surface area contributed by atoms with Gasteiger partial charge in [-0.25, -0.2) is 0 Å². The van der Waals surface area contributed by atoms with Gasteiger partial charge >= 0.3 is 0 Å². The van der Waals surface area contributed by atoms with Crippen molar-refractivity contribution in [1.82, 2.24) is 5.32 Å². The van der Waals surface area contributed by atoms with E-state index in [2.05, 4.69) is 56.4 Å². The molecule has 0 saturated heterocycles. The van der Waals surface area contributed by atoms with Crippen LogP contribution in [0.3, 0.4) is 0 Å². The van der Waals surface area contributed by atoms with Gasteiger partial charge in [0.1, 0.15) is 0 Å². The maximum Gasteiger partial charge on any atom is -0.00775 e. The maximum atomic E-state index is 3.11.